The van der Waals surface area contributed by atoms with Crippen LogP contribution in [0.3, 0.4) is 0 Å². The Balaban J connectivity index is 1.14. The van der Waals surface area contributed by atoms with Gasteiger partial charge in [-0.1, -0.05) is 20.3 Å². The Morgan fingerprint density at radius 3 is 1.82 bits per heavy atom. The van der Waals surface area contributed by atoms with E-state index in [-0.39, 0.29) is 28.8 Å². The molecule has 6 aliphatic rings. The molecule has 13 heteroatoms. The summed E-state index contributed by atoms with van der Waals surface area (Å²) in [6.07, 6.45) is -5.30. The Bertz CT molecular complexity index is 1050. The molecule has 0 radical (unpaired) electrons. The highest BCUT2D eigenvalue weighted by Crippen LogP contribution is 2.73. The van der Waals surface area contributed by atoms with Gasteiger partial charge in [0.2, 0.25) is 0 Å². The van der Waals surface area contributed by atoms with Gasteiger partial charge in [0.05, 0.1) is 32.0 Å². The van der Waals surface area contributed by atoms with Crippen LogP contribution in [0.4, 0.5) is 0 Å². The highest BCUT2D eigenvalue weighted by atomic mass is 16.7. The highest BCUT2D eigenvalue weighted by Gasteiger charge is 2.68. The van der Waals surface area contributed by atoms with Crippen LogP contribution >= 0.6 is 0 Å². The molecule has 6 rings (SSSR count). The molecular formula is C32H54O13. The van der Waals surface area contributed by atoms with Crippen molar-refractivity contribution >= 4 is 0 Å². The van der Waals surface area contributed by atoms with Crippen molar-refractivity contribution in [1.29, 1.82) is 0 Å². The van der Waals surface area contributed by atoms with Crippen molar-refractivity contribution in [3.8, 4) is 0 Å². The molecule has 260 valence electrons. The van der Waals surface area contributed by atoms with Gasteiger partial charge >= 0.3 is 0 Å². The Hall–Kier alpha value is -0.520. The molecule has 13 nitrogen and oxygen atoms in total. The van der Waals surface area contributed by atoms with Crippen LogP contribution in [0.5, 0.6) is 0 Å². The molecule has 0 amide bonds. The standard InChI is InChI=1S/C32H54O13/c1-29(14-42-27-25(39)23(37)21(35)17(11-33)44-27)7-3-8-30(2)19(29)6-9-31-10-16(4-5-20(30)31)32(41,13-31)15-43-28-26(40)24(38)22(36)18(12-34)45-28/h16-28,33-41H,3-15H2,1-2H3/t16-,17-,18-,19-,20+,21-,22-,23+,24+,25-,26-,27+,28+,29-,30-,31+,32+/m1/s1. The molecule has 0 unspecified atom stereocenters. The summed E-state index contributed by atoms with van der Waals surface area (Å²) in [6, 6.07) is 0. The maximum absolute atomic E-state index is 12.0. The SMILES string of the molecule is C[C@]1(CO[C@H]2O[C@H](CO)[C@@H](O)[C@H](O)[C@H]2O)CCC[C@]2(C)[C@@H]1CC[C@@]13C[C@@H](CC[C@H]12)[C@@](O)(CO[C@H]1O[C@H](CO)[C@@H](O)[C@H](O)[C@H]1O)C3. The molecular weight excluding hydrogens is 592 g/mol. The fourth-order valence-corrected chi connectivity index (χ4v) is 11.0. The van der Waals surface area contributed by atoms with Crippen LogP contribution in [-0.2, 0) is 18.9 Å². The van der Waals surface area contributed by atoms with Crippen LogP contribution in [0.1, 0.15) is 71.6 Å². The van der Waals surface area contributed by atoms with Gasteiger partial charge in [0, 0.05) is 0 Å². The minimum atomic E-state index is -1.54. The minimum Gasteiger partial charge on any atom is -0.394 e. The summed E-state index contributed by atoms with van der Waals surface area (Å²) in [5.74, 6) is 0.700. The predicted octanol–water partition coefficient (Wildman–Crippen LogP) is -1.24. The van der Waals surface area contributed by atoms with Crippen LogP contribution in [0.25, 0.3) is 0 Å². The van der Waals surface area contributed by atoms with Gasteiger partial charge in [-0.25, -0.2) is 0 Å². The van der Waals surface area contributed by atoms with Gasteiger partial charge in [0.1, 0.15) is 48.8 Å². The van der Waals surface area contributed by atoms with E-state index in [2.05, 4.69) is 13.8 Å². The van der Waals surface area contributed by atoms with E-state index in [0.717, 1.165) is 51.4 Å². The minimum absolute atomic E-state index is 0.0155. The number of fused-ring (bicyclic) bond motifs is 3. The molecule has 4 aliphatic carbocycles. The second kappa shape index (κ2) is 12.4. The predicted molar refractivity (Wildman–Crippen MR) is 155 cm³/mol. The summed E-state index contributed by atoms with van der Waals surface area (Å²) >= 11 is 0. The van der Waals surface area contributed by atoms with E-state index in [1.807, 2.05) is 0 Å². The van der Waals surface area contributed by atoms with Crippen molar-refractivity contribution < 1.29 is 64.9 Å². The third-order valence-electron chi connectivity index (χ3n) is 13.2. The lowest BCUT2D eigenvalue weighted by molar-refractivity contribution is -0.310. The van der Waals surface area contributed by atoms with Gasteiger partial charge in [-0.15, -0.1) is 0 Å². The van der Waals surface area contributed by atoms with Crippen LogP contribution in [0.2, 0.25) is 0 Å². The average Bonchev–Trinajstić information content (AvgIpc) is 3.22. The molecule has 9 N–H and O–H groups in total. The lowest BCUT2D eigenvalue weighted by atomic mass is 9.41. The van der Waals surface area contributed by atoms with Crippen molar-refractivity contribution in [2.45, 2.75) is 139 Å². The van der Waals surface area contributed by atoms with Crippen LogP contribution < -0.4 is 0 Å². The normalized spacial score (nSPS) is 56.5. The monoisotopic (exact) mass is 646 g/mol. The molecule has 0 aromatic rings. The van der Waals surface area contributed by atoms with Gasteiger partial charge in [0.25, 0.3) is 0 Å². The summed E-state index contributed by atoms with van der Waals surface area (Å²) in [5, 5.41) is 92.9. The topological polar surface area (TPSA) is 219 Å². The van der Waals surface area contributed by atoms with E-state index < -0.39 is 80.2 Å². The maximum atomic E-state index is 12.0. The zero-order valence-corrected chi connectivity index (χ0v) is 26.4. The molecule has 0 aromatic carbocycles. The van der Waals surface area contributed by atoms with Gasteiger partial charge < -0.3 is 64.9 Å². The summed E-state index contributed by atoms with van der Waals surface area (Å²) in [6.45, 7) is 3.77. The molecule has 4 saturated carbocycles. The third-order valence-corrected chi connectivity index (χ3v) is 13.2. The number of aliphatic hydroxyl groups excluding tert-OH is 8. The third kappa shape index (κ3) is 5.61. The molecule has 2 bridgehead atoms. The quantitative estimate of drug-likeness (QED) is 0.151. The lowest BCUT2D eigenvalue weighted by Crippen LogP contribution is -2.60. The largest absolute Gasteiger partial charge is 0.394 e. The fraction of sp³-hybridized carbons (Fsp3) is 1.00. The molecule has 45 heavy (non-hydrogen) atoms. The smallest absolute Gasteiger partial charge is 0.186 e. The summed E-state index contributed by atoms with van der Waals surface area (Å²) < 4.78 is 23.2. The molecule has 1 spiro atoms. The Morgan fingerprint density at radius 1 is 0.667 bits per heavy atom. The van der Waals surface area contributed by atoms with Crippen molar-refractivity contribution in [1.82, 2.24) is 0 Å². The molecule has 17 atom stereocenters. The molecule has 6 fully saturated rings. The summed E-state index contributed by atoms with van der Waals surface area (Å²) in [4.78, 5) is 0. The van der Waals surface area contributed by atoms with Crippen LogP contribution in [-0.4, -0.2) is 139 Å². The van der Waals surface area contributed by atoms with E-state index in [9.17, 15) is 46.0 Å². The summed E-state index contributed by atoms with van der Waals surface area (Å²) in [7, 11) is 0. The second-order valence-electron chi connectivity index (χ2n) is 15.8. The van der Waals surface area contributed by atoms with E-state index in [4.69, 9.17) is 18.9 Å². The fourth-order valence-electron chi connectivity index (χ4n) is 11.0. The zero-order chi connectivity index (χ0) is 32.5. The first-order valence-corrected chi connectivity index (χ1v) is 16.8. The maximum Gasteiger partial charge on any atom is 0.186 e. The molecule has 2 saturated heterocycles. The average molecular weight is 647 g/mol. The Labute approximate surface area is 264 Å². The van der Waals surface area contributed by atoms with Crippen molar-refractivity contribution in [2.24, 2.45) is 34.0 Å². The number of ether oxygens (including phenoxy) is 4. The van der Waals surface area contributed by atoms with Crippen LogP contribution in [0.15, 0.2) is 0 Å². The van der Waals surface area contributed by atoms with Gasteiger partial charge in [-0.2, -0.15) is 0 Å². The van der Waals surface area contributed by atoms with Crippen molar-refractivity contribution in [3.63, 3.8) is 0 Å². The lowest BCUT2D eigenvalue weighted by Gasteiger charge is -2.64. The number of rotatable bonds is 8. The van der Waals surface area contributed by atoms with Gasteiger partial charge in [0.15, 0.2) is 12.6 Å². The number of hydrogen-bond donors (Lipinski definition) is 9. The van der Waals surface area contributed by atoms with E-state index in [1.54, 1.807) is 0 Å². The number of aliphatic hydroxyl groups is 9. The first-order valence-electron chi connectivity index (χ1n) is 16.8. The zero-order valence-electron chi connectivity index (χ0n) is 26.4. The Morgan fingerprint density at radius 2 is 1.24 bits per heavy atom. The van der Waals surface area contributed by atoms with Crippen LogP contribution in [0, 0.1) is 34.0 Å². The second-order valence-corrected chi connectivity index (χ2v) is 15.8. The number of hydrogen-bond acceptors (Lipinski definition) is 13. The van der Waals surface area contributed by atoms with Gasteiger partial charge in [-0.05, 0) is 85.4 Å². The highest BCUT2D eigenvalue weighted by molar-refractivity contribution is 5.17. The van der Waals surface area contributed by atoms with Crippen molar-refractivity contribution in [2.75, 3.05) is 26.4 Å². The first-order chi connectivity index (χ1) is 21.2. The van der Waals surface area contributed by atoms with E-state index >= 15 is 0 Å². The molecule has 0 aromatic heterocycles. The van der Waals surface area contributed by atoms with Crippen molar-refractivity contribution in [3.05, 3.63) is 0 Å². The molecule has 2 heterocycles. The van der Waals surface area contributed by atoms with Gasteiger partial charge in [-0.3, -0.25) is 0 Å². The molecule has 2 aliphatic heterocycles. The Kier molecular flexibility index (Phi) is 9.48. The van der Waals surface area contributed by atoms with E-state index in [0.29, 0.717) is 24.9 Å². The van der Waals surface area contributed by atoms with E-state index in [1.165, 1.54) is 0 Å². The first kappa shape index (κ1) is 34.3. The summed E-state index contributed by atoms with van der Waals surface area (Å²) in [5.41, 5.74) is -1.46.